The third-order valence-electron chi connectivity index (χ3n) is 7.21. The van der Waals surface area contributed by atoms with Crippen LogP contribution in [0.1, 0.15) is 50.1 Å². The summed E-state index contributed by atoms with van der Waals surface area (Å²) in [6.07, 6.45) is 4.22. The Balaban J connectivity index is 1.36. The zero-order valence-corrected chi connectivity index (χ0v) is 17.4. The molecular weight excluding hydrogens is 366 g/mol. The van der Waals surface area contributed by atoms with Crippen molar-refractivity contribution in [3.8, 4) is 0 Å². The van der Waals surface area contributed by atoms with Gasteiger partial charge in [0.25, 0.3) is 0 Å². The fourth-order valence-electron chi connectivity index (χ4n) is 5.47. The summed E-state index contributed by atoms with van der Waals surface area (Å²) in [6.45, 7) is 4.29. The van der Waals surface area contributed by atoms with Gasteiger partial charge in [-0.15, -0.1) is 0 Å². The van der Waals surface area contributed by atoms with E-state index in [1.807, 2.05) is 35.2 Å². The Morgan fingerprint density at radius 2 is 1.76 bits per heavy atom. The molecule has 3 heterocycles. The summed E-state index contributed by atoms with van der Waals surface area (Å²) in [6, 6.07) is 9.47. The summed E-state index contributed by atoms with van der Waals surface area (Å²) in [5.74, 6) is 0.312. The van der Waals surface area contributed by atoms with Crippen molar-refractivity contribution < 1.29 is 14.7 Å². The summed E-state index contributed by atoms with van der Waals surface area (Å²) >= 11 is 0. The van der Waals surface area contributed by atoms with Crippen LogP contribution in [-0.2, 0) is 9.59 Å². The van der Waals surface area contributed by atoms with Crippen molar-refractivity contribution >= 4 is 11.8 Å². The molecule has 29 heavy (non-hydrogen) atoms. The summed E-state index contributed by atoms with van der Waals surface area (Å²) < 4.78 is 0. The number of nitrogens with zero attached hydrogens (tertiary/aromatic N) is 3. The summed E-state index contributed by atoms with van der Waals surface area (Å²) in [4.78, 5) is 32.0. The highest BCUT2D eigenvalue weighted by Crippen LogP contribution is 2.46. The number of benzene rings is 1. The molecule has 6 nitrogen and oxygen atoms in total. The molecule has 2 atom stereocenters. The van der Waals surface area contributed by atoms with Gasteiger partial charge in [0, 0.05) is 33.1 Å². The van der Waals surface area contributed by atoms with Gasteiger partial charge < -0.3 is 19.8 Å². The Labute approximate surface area is 173 Å². The second-order valence-corrected chi connectivity index (χ2v) is 9.00. The zero-order chi connectivity index (χ0) is 20.4. The van der Waals surface area contributed by atoms with Crippen molar-refractivity contribution in [1.29, 1.82) is 0 Å². The normalized spacial score (nSPS) is 27.6. The molecule has 0 bridgehead atoms. The number of amides is 2. The number of carbonyl (C=O) groups is 2. The fraction of sp³-hybridized carbons (Fsp3) is 0.652. The van der Waals surface area contributed by atoms with Gasteiger partial charge in [0.15, 0.2) is 0 Å². The number of likely N-dealkylation sites (tertiary alicyclic amines) is 3. The Morgan fingerprint density at radius 3 is 2.41 bits per heavy atom. The Morgan fingerprint density at radius 1 is 1.10 bits per heavy atom. The topological polar surface area (TPSA) is 64.1 Å². The molecular formula is C23H33N3O3. The Kier molecular flexibility index (Phi) is 5.93. The van der Waals surface area contributed by atoms with E-state index >= 15 is 0 Å². The maximum absolute atomic E-state index is 13.3. The highest BCUT2D eigenvalue weighted by atomic mass is 16.3. The maximum Gasteiger partial charge on any atom is 0.229 e. The van der Waals surface area contributed by atoms with Crippen molar-refractivity contribution in [2.75, 3.05) is 39.8 Å². The number of aliphatic hydroxyl groups excluding tert-OH is 1. The number of rotatable bonds is 4. The van der Waals surface area contributed by atoms with Gasteiger partial charge in [0.2, 0.25) is 11.8 Å². The Bertz CT molecular complexity index is 724. The van der Waals surface area contributed by atoms with Crippen LogP contribution < -0.4 is 0 Å². The third kappa shape index (κ3) is 4.05. The number of piperidine rings is 2. The van der Waals surface area contributed by atoms with Gasteiger partial charge in [0.05, 0.1) is 17.6 Å². The van der Waals surface area contributed by atoms with E-state index in [4.69, 9.17) is 0 Å². The van der Waals surface area contributed by atoms with E-state index in [2.05, 4.69) is 4.90 Å². The molecule has 6 heteroatoms. The SMILES string of the molecule is CN1C(=O)C2(CCN(C(=O)CCN3CCCC3)CC2)C[C@@H](O)[C@@H]1c1ccccc1. The number of hydrogen-bond acceptors (Lipinski definition) is 4. The molecule has 3 aliphatic rings. The maximum atomic E-state index is 13.3. The second-order valence-electron chi connectivity index (χ2n) is 9.00. The molecule has 1 aromatic carbocycles. The van der Waals surface area contributed by atoms with Crippen molar-refractivity contribution in [3.63, 3.8) is 0 Å². The van der Waals surface area contributed by atoms with E-state index in [0.29, 0.717) is 38.8 Å². The van der Waals surface area contributed by atoms with Crippen molar-refractivity contribution in [2.45, 2.75) is 50.7 Å². The second kappa shape index (κ2) is 8.44. The van der Waals surface area contributed by atoms with Crippen LogP contribution in [0.3, 0.4) is 0 Å². The van der Waals surface area contributed by atoms with Crippen LogP contribution in [0.15, 0.2) is 30.3 Å². The minimum atomic E-state index is -0.586. The molecule has 158 valence electrons. The molecule has 3 fully saturated rings. The molecule has 1 aromatic rings. The van der Waals surface area contributed by atoms with E-state index in [1.165, 1.54) is 12.8 Å². The van der Waals surface area contributed by atoms with Crippen molar-refractivity contribution in [2.24, 2.45) is 5.41 Å². The van der Waals surface area contributed by atoms with Gasteiger partial charge in [-0.1, -0.05) is 30.3 Å². The van der Waals surface area contributed by atoms with Gasteiger partial charge in [-0.05, 0) is 50.8 Å². The molecule has 0 aliphatic carbocycles. The summed E-state index contributed by atoms with van der Waals surface area (Å²) in [7, 11) is 1.80. The quantitative estimate of drug-likeness (QED) is 0.842. The first kappa shape index (κ1) is 20.4. The number of carbonyl (C=O) groups excluding carboxylic acids is 2. The molecule has 0 saturated carbocycles. The van der Waals surface area contributed by atoms with E-state index in [1.54, 1.807) is 11.9 Å². The van der Waals surface area contributed by atoms with Gasteiger partial charge in [0.1, 0.15) is 0 Å². The number of aliphatic hydroxyl groups is 1. The first-order valence-corrected chi connectivity index (χ1v) is 11.0. The zero-order valence-electron chi connectivity index (χ0n) is 17.4. The van der Waals surface area contributed by atoms with Crippen molar-refractivity contribution in [1.82, 2.24) is 14.7 Å². The van der Waals surface area contributed by atoms with E-state index in [0.717, 1.165) is 25.2 Å². The number of hydrogen-bond donors (Lipinski definition) is 1. The van der Waals surface area contributed by atoms with Crippen LogP contribution in [0.25, 0.3) is 0 Å². The molecule has 2 amide bonds. The average molecular weight is 400 g/mol. The van der Waals surface area contributed by atoms with Gasteiger partial charge in [-0.2, -0.15) is 0 Å². The lowest BCUT2D eigenvalue weighted by Crippen LogP contribution is -2.58. The summed E-state index contributed by atoms with van der Waals surface area (Å²) in [5.41, 5.74) is 0.436. The predicted molar refractivity (Wildman–Crippen MR) is 111 cm³/mol. The van der Waals surface area contributed by atoms with Crippen LogP contribution in [0.2, 0.25) is 0 Å². The van der Waals surface area contributed by atoms with Crippen LogP contribution >= 0.6 is 0 Å². The van der Waals surface area contributed by atoms with Crippen LogP contribution in [-0.4, -0.2) is 77.5 Å². The molecule has 3 saturated heterocycles. The number of likely N-dealkylation sites (N-methyl/N-ethyl adjacent to an activating group) is 1. The predicted octanol–water partition coefficient (Wildman–Crippen LogP) is 2.05. The van der Waals surface area contributed by atoms with E-state index in [9.17, 15) is 14.7 Å². The highest BCUT2D eigenvalue weighted by Gasteiger charge is 2.51. The minimum Gasteiger partial charge on any atom is -0.391 e. The lowest BCUT2D eigenvalue weighted by Gasteiger charge is -2.50. The Hall–Kier alpha value is -1.92. The molecule has 0 radical (unpaired) electrons. The highest BCUT2D eigenvalue weighted by molar-refractivity contribution is 5.85. The first-order valence-electron chi connectivity index (χ1n) is 11.0. The smallest absolute Gasteiger partial charge is 0.229 e. The lowest BCUT2D eigenvalue weighted by molar-refractivity contribution is -0.163. The minimum absolute atomic E-state index is 0.112. The third-order valence-corrected chi connectivity index (χ3v) is 7.21. The lowest BCUT2D eigenvalue weighted by atomic mass is 9.68. The molecule has 0 aromatic heterocycles. The monoisotopic (exact) mass is 399 g/mol. The fourth-order valence-corrected chi connectivity index (χ4v) is 5.47. The first-order chi connectivity index (χ1) is 14.0. The average Bonchev–Trinajstić information content (AvgIpc) is 3.25. The van der Waals surface area contributed by atoms with Crippen molar-refractivity contribution in [3.05, 3.63) is 35.9 Å². The van der Waals surface area contributed by atoms with E-state index < -0.39 is 11.5 Å². The largest absolute Gasteiger partial charge is 0.391 e. The summed E-state index contributed by atoms with van der Waals surface area (Å²) in [5, 5.41) is 10.9. The molecule has 4 rings (SSSR count). The van der Waals surface area contributed by atoms with Gasteiger partial charge in [-0.3, -0.25) is 9.59 Å². The van der Waals surface area contributed by atoms with E-state index in [-0.39, 0.29) is 17.9 Å². The standard InChI is InChI=1S/C23H33N3O3/c1-24-21(18-7-3-2-4-8-18)19(27)17-23(22(24)29)10-15-26(16-11-23)20(28)9-14-25-12-5-6-13-25/h2-4,7-8,19,21,27H,5-6,9-17H2,1H3/t19-,21+/m1/s1. The molecule has 1 N–H and O–H groups in total. The molecule has 0 unspecified atom stereocenters. The van der Waals surface area contributed by atoms with Crippen LogP contribution in [0.4, 0.5) is 0 Å². The molecule has 1 spiro atoms. The van der Waals surface area contributed by atoms with Crippen LogP contribution in [0.5, 0.6) is 0 Å². The van der Waals surface area contributed by atoms with Crippen LogP contribution in [0, 0.1) is 5.41 Å². The molecule has 3 aliphatic heterocycles. The van der Waals surface area contributed by atoms with Gasteiger partial charge in [-0.25, -0.2) is 0 Å². The van der Waals surface area contributed by atoms with Gasteiger partial charge >= 0.3 is 0 Å².